The summed E-state index contributed by atoms with van der Waals surface area (Å²) >= 11 is 0. The first-order chi connectivity index (χ1) is 16.5. The van der Waals surface area contributed by atoms with Gasteiger partial charge in [-0.25, -0.2) is 18.4 Å². The van der Waals surface area contributed by atoms with Crippen LogP contribution < -0.4 is 5.32 Å². The largest absolute Gasteiger partial charge is 0.347 e. The van der Waals surface area contributed by atoms with E-state index in [0.717, 1.165) is 16.8 Å². The Morgan fingerprint density at radius 3 is 2.49 bits per heavy atom. The molecule has 2 aromatic heterocycles. The average molecular weight is 493 g/mol. The van der Waals surface area contributed by atoms with Crippen LogP contribution in [0, 0.1) is 13.8 Å². The number of pyridine rings is 1. The molecule has 1 atom stereocenters. The molecule has 3 aromatic rings. The van der Waals surface area contributed by atoms with E-state index in [2.05, 4.69) is 20.3 Å². The molecule has 1 aliphatic rings. The molecule has 1 unspecified atom stereocenters. The number of nitrogens with one attached hydrogen (secondary N) is 1. The van der Waals surface area contributed by atoms with Crippen LogP contribution in [0.25, 0.3) is 0 Å². The monoisotopic (exact) mass is 492 g/mol. The van der Waals surface area contributed by atoms with E-state index in [1.807, 2.05) is 26.8 Å². The molecule has 35 heavy (non-hydrogen) atoms. The van der Waals surface area contributed by atoms with Crippen LogP contribution in [0.4, 0.5) is 0 Å². The van der Waals surface area contributed by atoms with Crippen molar-refractivity contribution in [2.75, 3.05) is 5.75 Å². The fourth-order valence-corrected chi connectivity index (χ4v) is 5.21. The minimum Gasteiger partial charge on any atom is -0.347 e. The number of carbonyl (C=O) groups excluding carboxylic acids is 2. The highest BCUT2D eigenvalue weighted by molar-refractivity contribution is 7.91. The van der Waals surface area contributed by atoms with E-state index in [1.165, 1.54) is 6.20 Å². The van der Waals surface area contributed by atoms with Gasteiger partial charge >= 0.3 is 0 Å². The summed E-state index contributed by atoms with van der Waals surface area (Å²) in [6, 6.07) is 9.98. The minimum atomic E-state index is -3.26. The first-order valence-electron chi connectivity index (χ1n) is 11.5. The predicted molar refractivity (Wildman–Crippen MR) is 131 cm³/mol. The van der Waals surface area contributed by atoms with Crippen molar-refractivity contribution in [1.29, 1.82) is 0 Å². The smallest absolute Gasteiger partial charge is 0.270 e. The maximum absolute atomic E-state index is 13.4. The summed E-state index contributed by atoms with van der Waals surface area (Å²) in [6.45, 7) is 7.43. The summed E-state index contributed by atoms with van der Waals surface area (Å²) in [5.41, 5.74) is 3.07. The summed E-state index contributed by atoms with van der Waals surface area (Å²) in [5.74, 6) is 0.248. The maximum atomic E-state index is 13.4. The van der Waals surface area contributed by atoms with E-state index in [-0.39, 0.29) is 34.6 Å². The molecule has 9 heteroatoms. The van der Waals surface area contributed by atoms with Gasteiger partial charge in [-0.05, 0) is 69.0 Å². The molecule has 1 amide bonds. The Balaban J connectivity index is 1.48. The van der Waals surface area contributed by atoms with Gasteiger partial charge in [0.25, 0.3) is 5.91 Å². The van der Waals surface area contributed by atoms with Crippen LogP contribution in [0.2, 0.25) is 0 Å². The van der Waals surface area contributed by atoms with E-state index in [1.54, 1.807) is 37.3 Å². The summed E-state index contributed by atoms with van der Waals surface area (Å²) in [4.78, 5) is 39.5. The lowest BCUT2D eigenvalue weighted by atomic mass is 9.70. The van der Waals surface area contributed by atoms with Gasteiger partial charge in [-0.3, -0.25) is 14.6 Å². The number of aromatic nitrogens is 3. The molecule has 0 saturated heterocycles. The van der Waals surface area contributed by atoms with Crippen LogP contribution >= 0.6 is 0 Å². The van der Waals surface area contributed by atoms with Gasteiger partial charge in [-0.2, -0.15) is 0 Å². The first-order valence-corrected chi connectivity index (χ1v) is 13.1. The van der Waals surface area contributed by atoms with E-state index < -0.39 is 15.3 Å². The predicted octanol–water partition coefficient (Wildman–Crippen LogP) is 3.30. The number of nitrogens with zero attached hydrogens (tertiary/aromatic N) is 3. The number of rotatable bonds is 6. The second kappa shape index (κ2) is 9.30. The number of aryl methyl sites for hydroxylation is 3. The lowest BCUT2D eigenvalue weighted by Crippen LogP contribution is -2.39. The second-order valence-corrected chi connectivity index (χ2v) is 11.3. The molecule has 0 aliphatic heterocycles. The van der Waals surface area contributed by atoms with Crippen molar-refractivity contribution >= 4 is 21.5 Å². The number of carbonyl (C=O) groups is 2. The zero-order valence-corrected chi connectivity index (χ0v) is 21.1. The highest BCUT2D eigenvalue weighted by Crippen LogP contribution is 2.37. The number of hydrogen-bond acceptors (Lipinski definition) is 7. The summed E-state index contributed by atoms with van der Waals surface area (Å²) in [7, 11) is -3.26. The number of hydrogen-bond donors (Lipinski definition) is 1. The fraction of sp³-hybridized carbons (Fsp3) is 0.346. The molecule has 0 spiro atoms. The number of amides is 1. The van der Waals surface area contributed by atoms with Gasteiger partial charge in [0.1, 0.15) is 11.5 Å². The number of Topliss-reactive ketones (excluding diaryl/α,β-unsaturated/α-hetero) is 1. The molecule has 0 saturated carbocycles. The molecule has 4 rings (SSSR count). The Labute approximate surface area is 205 Å². The van der Waals surface area contributed by atoms with Crippen molar-refractivity contribution in [3.05, 3.63) is 82.2 Å². The van der Waals surface area contributed by atoms with Gasteiger partial charge in [-0.15, -0.1) is 0 Å². The van der Waals surface area contributed by atoms with Gasteiger partial charge in [0.05, 0.1) is 21.8 Å². The quantitative estimate of drug-likeness (QED) is 0.561. The Bertz CT molecular complexity index is 1400. The number of ketones is 1. The van der Waals surface area contributed by atoms with Crippen LogP contribution in [0.15, 0.2) is 47.5 Å². The van der Waals surface area contributed by atoms with Gasteiger partial charge < -0.3 is 5.32 Å². The van der Waals surface area contributed by atoms with Crippen molar-refractivity contribution in [2.45, 2.75) is 57.4 Å². The van der Waals surface area contributed by atoms with Gasteiger partial charge in [0.15, 0.2) is 15.6 Å². The maximum Gasteiger partial charge on any atom is 0.270 e. The van der Waals surface area contributed by atoms with E-state index in [9.17, 15) is 18.0 Å². The Morgan fingerprint density at radius 1 is 1.11 bits per heavy atom. The van der Waals surface area contributed by atoms with Crippen LogP contribution in [0.5, 0.6) is 0 Å². The van der Waals surface area contributed by atoms with Crippen LogP contribution in [0.3, 0.4) is 0 Å². The SMILES string of the molecule is CCS(=O)(=O)c1ccc(CNC(=O)c2cc3c(cn2)C(=O)C(C)(c2cc(C)nc(C)n2)CC3)cc1. The lowest BCUT2D eigenvalue weighted by Gasteiger charge is -2.33. The molecule has 0 fully saturated rings. The molecule has 0 radical (unpaired) electrons. The van der Waals surface area contributed by atoms with Crippen LogP contribution in [0.1, 0.15) is 69.5 Å². The molecule has 1 aliphatic carbocycles. The molecular weight excluding hydrogens is 464 g/mol. The summed E-state index contributed by atoms with van der Waals surface area (Å²) in [5, 5.41) is 2.81. The van der Waals surface area contributed by atoms with E-state index >= 15 is 0 Å². The molecule has 182 valence electrons. The third-order valence-electron chi connectivity index (χ3n) is 6.51. The highest BCUT2D eigenvalue weighted by atomic mass is 32.2. The van der Waals surface area contributed by atoms with Gasteiger partial charge in [0.2, 0.25) is 0 Å². The normalized spacial score (nSPS) is 17.7. The van der Waals surface area contributed by atoms with Crippen LogP contribution in [-0.4, -0.2) is 40.8 Å². The Morgan fingerprint density at radius 2 is 1.83 bits per heavy atom. The lowest BCUT2D eigenvalue weighted by molar-refractivity contribution is 0.0868. The zero-order valence-electron chi connectivity index (χ0n) is 20.3. The fourth-order valence-electron chi connectivity index (χ4n) is 4.33. The zero-order chi connectivity index (χ0) is 25.4. The summed E-state index contributed by atoms with van der Waals surface area (Å²) < 4.78 is 23.9. The van der Waals surface area contributed by atoms with Crippen molar-refractivity contribution in [2.24, 2.45) is 0 Å². The van der Waals surface area contributed by atoms with E-state index in [4.69, 9.17) is 0 Å². The van der Waals surface area contributed by atoms with Gasteiger partial charge in [-0.1, -0.05) is 19.1 Å². The number of benzene rings is 1. The standard InChI is InChI=1S/C26H28N4O4S/c1-5-35(33,34)20-8-6-18(7-9-20)14-28-25(32)22-13-19-10-11-26(4,24(31)21(19)15-27-22)23-12-16(2)29-17(3)30-23/h6-9,12-13,15H,5,10-11,14H2,1-4H3,(H,28,32). The molecular formula is C26H28N4O4S. The van der Waals surface area contributed by atoms with Crippen molar-refractivity contribution < 1.29 is 18.0 Å². The molecule has 1 aromatic carbocycles. The molecule has 8 nitrogen and oxygen atoms in total. The molecule has 0 bridgehead atoms. The van der Waals surface area contributed by atoms with E-state index in [0.29, 0.717) is 29.9 Å². The summed E-state index contributed by atoms with van der Waals surface area (Å²) in [6.07, 6.45) is 2.68. The molecule has 1 N–H and O–H groups in total. The average Bonchev–Trinajstić information content (AvgIpc) is 2.84. The third-order valence-corrected chi connectivity index (χ3v) is 8.26. The second-order valence-electron chi connectivity index (χ2n) is 9.06. The minimum absolute atomic E-state index is 0.0348. The highest BCUT2D eigenvalue weighted by Gasteiger charge is 2.41. The topological polar surface area (TPSA) is 119 Å². The first kappa shape index (κ1) is 24.7. The van der Waals surface area contributed by atoms with Gasteiger partial charge in [0, 0.05) is 24.0 Å². The van der Waals surface area contributed by atoms with Crippen molar-refractivity contribution in [3.63, 3.8) is 0 Å². The van der Waals surface area contributed by atoms with Crippen molar-refractivity contribution in [1.82, 2.24) is 20.3 Å². The number of fused-ring (bicyclic) bond motifs is 1. The van der Waals surface area contributed by atoms with Crippen molar-refractivity contribution in [3.8, 4) is 0 Å². The third kappa shape index (κ3) is 4.86. The molecule has 2 heterocycles. The Kier molecular flexibility index (Phi) is 6.55. The van der Waals surface area contributed by atoms with Crippen LogP contribution in [-0.2, 0) is 28.2 Å². The number of sulfone groups is 1. The Hall–Kier alpha value is -3.46.